The Morgan fingerprint density at radius 3 is 1.25 bits per heavy atom. The molecule has 0 bridgehead atoms. The summed E-state index contributed by atoms with van der Waals surface area (Å²) in [4.78, 5) is 26.2. The van der Waals surface area contributed by atoms with Gasteiger partial charge in [-0.2, -0.15) is 0 Å². The molecule has 0 saturated carbocycles. The fourth-order valence-electron chi connectivity index (χ4n) is 3.07. The quantitative estimate of drug-likeness (QED) is 0.523. The van der Waals surface area contributed by atoms with E-state index in [2.05, 4.69) is 20.8 Å². The summed E-state index contributed by atoms with van der Waals surface area (Å²) in [5.41, 5.74) is 5.37. The third-order valence-corrected chi connectivity index (χ3v) is 4.95. The minimum Gasteiger partial charge on any atom is -0.289 e. The van der Waals surface area contributed by atoms with Crippen LogP contribution in [-0.2, 0) is 5.41 Å². The van der Waals surface area contributed by atoms with Crippen molar-refractivity contribution in [3.63, 3.8) is 0 Å². The zero-order chi connectivity index (χ0) is 20.5. The highest BCUT2D eigenvalue weighted by atomic mass is 16.1. The molecule has 0 spiro atoms. The van der Waals surface area contributed by atoms with Gasteiger partial charge in [0.15, 0.2) is 11.6 Å². The standard InChI is InChI=1S/C26H26O2/c1-17-6-10-19(11-7-17)24(27)21-14-22(16-23(15-21)26(3,4)5)25(28)20-12-8-18(2)9-13-20/h6-16H,1-5H3. The van der Waals surface area contributed by atoms with E-state index >= 15 is 0 Å². The number of benzene rings is 3. The second-order valence-corrected chi connectivity index (χ2v) is 8.44. The van der Waals surface area contributed by atoms with Crippen LogP contribution >= 0.6 is 0 Å². The van der Waals surface area contributed by atoms with Crippen LogP contribution in [0.2, 0.25) is 0 Å². The number of hydrogen-bond acceptors (Lipinski definition) is 2. The van der Waals surface area contributed by atoms with Crippen LogP contribution in [0.3, 0.4) is 0 Å². The monoisotopic (exact) mass is 370 g/mol. The van der Waals surface area contributed by atoms with Gasteiger partial charge in [0.25, 0.3) is 0 Å². The number of rotatable bonds is 4. The Bertz CT molecular complexity index is 942. The molecule has 0 amide bonds. The highest BCUT2D eigenvalue weighted by molar-refractivity contribution is 6.13. The minimum atomic E-state index is -0.175. The van der Waals surface area contributed by atoms with Crippen molar-refractivity contribution in [3.8, 4) is 0 Å². The van der Waals surface area contributed by atoms with Crippen molar-refractivity contribution < 1.29 is 9.59 Å². The molecule has 0 aromatic heterocycles. The van der Waals surface area contributed by atoms with Gasteiger partial charge in [0, 0.05) is 22.3 Å². The first kappa shape index (κ1) is 19.8. The average molecular weight is 370 g/mol. The summed E-state index contributed by atoms with van der Waals surface area (Å²) < 4.78 is 0. The van der Waals surface area contributed by atoms with Crippen LogP contribution in [0.5, 0.6) is 0 Å². The zero-order valence-corrected chi connectivity index (χ0v) is 17.2. The fourth-order valence-corrected chi connectivity index (χ4v) is 3.07. The van der Waals surface area contributed by atoms with Crippen molar-refractivity contribution in [1.82, 2.24) is 0 Å². The van der Waals surface area contributed by atoms with Crippen molar-refractivity contribution in [2.24, 2.45) is 0 Å². The fraction of sp³-hybridized carbons (Fsp3) is 0.231. The molecule has 0 fully saturated rings. The first-order valence-electron chi connectivity index (χ1n) is 9.53. The van der Waals surface area contributed by atoms with Crippen LogP contribution in [0.25, 0.3) is 0 Å². The lowest BCUT2D eigenvalue weighted by molar-refractivity contribution is 0.103. The number of carbonyl (C=O) groups is 2. The number of aryl methyl sites for hydroxylation is 2. The molecular weight excluding hydrogens is 344 g/mol. The van der Waals surface area contributed by atoms with Crippen molar-refractivity contribution in [2.75, 3.05) is 0 Å². The lowest BCUT2D eigenvalue weighted by Crippen LogP contribution is -2.15. The molecule has 0 aliphatic heterocycles. The molecule has 0 heterocycles. The maximum atomic E-state index is 13.1. The lowest BCUT2D eigenvalue weighted by atomic mass is 9.83. The van der Waals surface area contributed by atoms with E-state index in [1.54, 1.807) is 6.07 Å². The van der Waals surface area contributed by atoms with Gasteiger partial charge in [-0.1, -0.05) is 80.4 Å². The second kappa shape index (κ2) is 7.55. The van der Waals surface area contributed by atoms with Gasteiger partial charge in [-0.3, -0.25) is 9.59 Å². The number of carbonyl (C=O) groups excluding carboxylic acids is 2. The van der Waals surface area contributed by atoms with Gasteiger partial charge in [-0.05, 0) is 43.0 Å². The van der Waals surface area contributed by atoms with E-state index in [4.69, 9.17) is 0 Å². The van der Waals surface area contributed by atoms with E-state index in [0.717, 1.165) is 16.7 Å². The lowest BCUT2D eigenvalue weighted by Gasteiger charge is -2.21. The average Bonchev–Trinajstić information content (AvgIpc) is 2.67. The van der Waals surface area contributed by atoms with Crippen LogP contribution in [0, 0.1) is 13.8 Å². The van der Waals surface area contributed by atoms with Gasteiger partial charge >= 0.3 is 0 Å². The Morgan fingerprint density at radius 1 is 0.571 bits per heavy atom. The summed E-state index contributed by atoms with van der Waals surface area (Å²) in [7, 11) is 0. The Labute approximate surface area is 167 Å². The Morgan fingerprint density at radius 2 is 0.929 bits per heavy atom. The Kier molecular flexibility index (Phi) is 5.33. The van der Waals surface area contributed by atoms with Crippen molar-refractivity contribution in [1.29, 1.82) is 0 Å². The molecule has 2 heteroatoms. The molecule has 0 aliphatic rings. The molecule has 3 aromatic carbocycles. The molecule has 3 rings (SSSR count). The molecule has 0 aliphatic carbocycles. The van der Waals surface area contributed by atoms with Gasteiger partial charge in [0.2, 0.25) is 0 Å². The molecule has 3 aromatic rings. The first-order valence-corrected chi connectivity index (χ1v) is 9.53. The van der Waals surface area contributed by atoms with Crippen LogP contribution in [0.4, 0.5) is 0 Å². The van der Waals surface area contributed by atoms with E-state index in [0.29, 0.717) is 22.3 Å². The summed E-state index contributed by atoms with van der Waals surface area (Å²) in [6.45, 7) is 10.2. The Balaban J connectivity index is 2.09. The van der Waals surface area contributed by atoms with Gasteiger partial charge in [0.1, 0.15) is 0 Å². The summed E-state index contributed by atoms with van der Waals surface area (Å²) in [5, 5.41) is 0. The van der Waals surface area contributed by atoms with Crippen LogP contribution in [0.1, 0.15) is 69.3 Å². The van der Waals surface area contributed by atoms with Gasteiger partial charge in [-0.25, -0.2) is 0 Å². The van der Waals surface area contributed by atoms with Crippen LogP contribution in [0.15, 0.2) is 66.7 Å². The Hall–Kier alpha value is -3.00. The van der Waals surface area contributed by atoms with E-state index in [1.807, 2.05) is 74.5 Å². The topological polar surface area (TPSA) is 34.1 Å². The molecule has 0 radical (unpaired) electrons. The molecule has 142 valence electrons. The molecule has 0 saturated heterocycles. The summed E-state index contributed by atoms with van der Waals surface area (Å²) in [6, 6.07) is 20.6. The smallest absolute Gasteiger partial charge is 0.193 e. The maximum Gasteiger partial charge on any atom is 0.193 e. The molecule has 2 nitrogen and oxygen atoms in total. The van der Waals surface area contributed by atoms with Crippen LogP contribution in [-0.4, -0.2) is 11.6 Å². The highest BCUT2D eigenvalue weighted by Crippen LogP contribution is 2.27. The predicted molar refractivity (Wildman–Crippen MR) is 114 cm³/mol. The normalized spacial score (nSPS) is 11.3. The first-order chi connectivity index (χ1) is 13.1. The van der Waals surface area contributed by atoms with Crippen molar-refractivity contribution in [3.05, 3.63) is 106 Å². The molecular formula is C26H26O2. The summed E-state index contributed by atoms with van der Waals surface area (Å²) in [6.07, 6.45) is 0. The SMILES string of the molecule is Cc1ccc(C(=O)c2cc(C(=O)c3ccc(C)cc3)cc(C(C)(C)C)c2)cc1. The maximum absolute atomic E-state index is 13.1. The third kappa shape index (κ3) is 4.28. The molecule has 28 heavy (non-hydrogen) atoms. The minimum absolute atomic E-state index is 0.0657. The van der Waals surface area contributed by atoms with E-state index < -0.39 is 0 Å². The van der Waals surface area contributed by atoms with Gasteiger partial charge < -0.3 is 0 Å². The van der Waals surface area contributed by atoms with E-state index in [-0.39, 0.29) is 17.0 Å². The highest BCUT2D eigenvalue weighted by Gasteiger charge is 2.21. The van der Waals surface area contributed by atoms with Crippen LogP contribution < -0.4 is 0 Å². The van der Waals surface area contributed by atoms with Crippen molar-refractivity contribution >= 4 is 11.6 Å². The van der Waals surface area contributed by atoms with E-state index in [1.165, 1.54) is 0 Å². The van der Waals surface area contributed by atoms with Crippen molar-refractivity contribution in [2.45, 2.75) is 40.0 Å². The zero-order valence-electron chi connectivity index (χ0n) is 17.2. The summed E-state index contributed by atoms with van der Waals surface area (Å²) in [5.74, 6) is -0.131. The molecule has 0 atom stereocenters. The molecule has 0 N–H and O–H groups in total. The van der Waals surface area contributed by atoms with E-state index in [9.17, 15) is 9.59 Å². The number of ketones is 2. The summed E-state index contributed by atoms with van der Waals surface area (Å²) >= 11 is 0. The van der Waals surface area contributed by atoms with Gasteiger partial charge in [0.05, 0.1) is 0 Å². The predicted octanol–water partition coefficient (Wildman–Crippen LogP) is 6.06. The third-order valence-electron chi connectivity index (χ3n) is 4.95. The van der Waals surface area contributed by atoms with Gasteiger partial charge in [-0.15, -0.1) is 0 Å². The number of hydrogen-bond donors (Lipinski definition) is 0. The largest absolute Gasteiger partial charge is 0.289 e. The molecule has 0 unspecified atom stereocenters. The second-order valence-electron chi connectivity index (χ2n) is 8.44.